The molecule has 2 N–H and O–H groups in total. The zero-order valence-electron chi connectivity index (χ0n) is 12.9. The molecule has 1 aromatic heterocycles. The Hall–Kier alpha value is -2.89. The van der Waals surface area contributed by atoms with Crippen molar-refractivity contribution in [3.8, 4) is 16.9 Å². The van der Waals surface area contributed by atoms with Crippen molar-refractivity contribution >= 4 is 11.9 Å². The van der Waals surface area contributed by atoms with Crippen LogP contribution in [-0.4, -0.2) is 33.2 Å². The molecule has 24 heavy (non-hydrogen) atoms. The van der Waals surface area contributed by atoms with Crippen LogP contribution in [0.5, 0.6) is 5.75 Å². The molecule has 1 fully saturated rings. The van der Waals surface area contributed by atoms with Gasteiger partial charge in [0, 0.05) is 11.8 Å². The third kappa shape index (κ3) is 3.37. The van der Waals surface area contributed by atoms with Gasteiger partial charge in [0.15, 0.2) is 5.69 Å². The van der Waals surface area contributed by atoms with Crippen molar-refractivity contribution in [2.24, 2.45) is 0 Å². The first-order valence-corrected chi connectivity index (χ1v) is 7.78. The Morgan fingerprint density at radius 2 is 1.67 bits per heavy atom. The fourth-order valence-corrected chi connectivity index (χ4v) is 2.88. The first-order chi connectivity index (χ1) is 11.5. The summed E-state index contributed by atoms with van der Waals surface area (Å²) in [5.74, 6) is -1.90. The van der Waals surface area contributed by atoms with Gasteiger partial charge in [0.1, 0.15) is 5.75 Å². The van der Waals surface area contributed by atoms with Crippen LogP contribution in [-0.2, 0) is 0 Å². The summed E-state index contributed by atoms with van der Waals surface area (Å²) in [5, 5.41) is 18.2. The lowest BCUT2D eigenvalue weighted by Gasteiger charge is -2.13. The molecule has 1 aliphatic rings. The normalized spacial score (nSPS) is 14.5. The Bertz CT molecular complexity index is 763. The Labute approximate surface area is 138 Å². The van der Waals surface area contributed by atoms with Crippen molar-refractivity contribution < 1.29 is 24.5 Å². The predicted molar refractivity (Wildman–Crippen MR) is 86.5 cm³/mol. The van der Waals surface area contributed by atoms with Crippen LogP contribution in [0.25, 0.3) is 11.1 Å². The van der Waals surface area contributed by atoms with Gasteiger partial charge in [0.05, 0.1) is 11.7 Å². The van der Waals surface area contributed by atoms with Crippen LogP contribution >= 0.6 is 0 Å². The molecule has 0 atom stereocenters. The van der Waals surface area contributed by atoms with Gasteiger partial charge < -0.3 is 14.9 Å². The second kappa shape index (κ2) is 6.70. The van der Waals surface area contributed by atoms with Crippen molar-refractivity contribution in [2.45, 2.75) is 31.8 Å². The summed E-state index contributed by atoms with van der Waals surface area (Å²) < 4.78 is 5.89. The Kier molecular flexibility index (Phi) is 4.46. The fraction of sp³-hybridized carbons (Fsp3) is 0.278. The van der Waals surface area contributed by atoms with Crippen molar-refractivity contribution in [1.29, 1.82) is 0 Å². The van der Waals surface area contributed by atoms with Crippen LogP contribution in [0.4, 0.5) is 0 Å². The van der Waals surface area contributed by atoms with E-state index in [9.17, 15) is 9.59 Å². The summed E-state index contributed by atoms with van der Waals surface area (Å²) in [6, 6.07) is 8.62. The Balaban J connectivity index is 1.84. The number of carboxylic acid groups (broad SMARTS) is 2. The van der Waals surface area contributed by atoms with Crippen molar-refractivity contribution in [1.82, 2.24) is 4.98 Å². The zero-order chi connectivity index (χ0) is 17.1. The van der Waals surface area contributed by atoms with E-state index >= 15 is 0 Å². The molecular formula is C18H17NO5. The van der Waals surface area contributed by atoms with Gasteiger partial charge >= 0.3 is 11.9 Å². The smallest absolute Gasteiger partial charge is 0.355 e. The number of rotatable bonds is 5. The summed E-state index contributed by atoms with van der Waals surface area (Å²) >= 11 is 0. The highest BCUT2D eigenvalue weighted by atomic mass is 16.5. The second-order valence-corrected chi connectivity index (χ2v) is 5.78. The van der Waals surface area contributed by atoms with E-state index in [1.807, 2.05) is 24.3 Å². The highest BCUT2D eigenvalue weighted by molar-refractivity contribution is 6.01. The highest BCUT2D eigenvalue weighted by Gasteiger charge is 2.19. The minimum Gasteiger partial charge on any atom is -0.490 e. The molecule has 0 radical (unpaired) electrons. The third-order valence-corrected chi connectivity index (χ3v) is 4.11. The molecule has 124 valence electrons. The fourth-order valence-electron chi connectivity index (χ4n) is 2.88. The molecule has 0 spiro atoms. The Morgan fingerprint density at radius 3 is 2.25 bits per heavy atom. The lowest BCUT2D eigenvalue weighted by atomic mass is 10.0. The van der Waals surface area contributed by atoms with Gasteiger partial charge in [0.25, 0.3) is 0 Å². The molecular weight excluding hydrogens is 310 g/mol. The third-order valence-electron chi connectivity index (χ3n) is 4.11. The molecule has 0 amide bonds. The van der Waals surface area contributed by atoms with E-state index in [0.717, 1.165) is 24.2 Å². The number of nitrogens with zero attached hydrogens (tertiary/aromatic N) is 1. The molecule has 6 nitrogen and oxygen atoms in total. The lowest BCUT2D eigenvalue weighted by Crippen LogP contribution is -2.11. The quantitative estimate of drug-likeness (QED) is 0.873. The zero-order valence-corrected chi connectivity index (χ0v) is 12.9. The summed E-state index contributed by atoms with van der Waals surface area (Å²) in [4.78, 5) is 26.0. The average Bonchev–Trinajstić information content (AvgIpc) is 3.08. The van der Waals surface area contributed by atoms with Crippen LogP contribution in [0.2, 0.25) is 0 Å². The molecule has 2 aromatic rings. The van der Waals surface area contributed by atoms with Crippen molar-refractivity contribution in [3.63, 3.8) is 0 Å². The largest absolute Gasteiger partial charge is 0.490 e. The molecule has 1 heterocycles. The maximum Gasteiger partial charge on any atom is 0.355 e. The van der Waals surface area contributed by atoms with Crippen molar-refractivity contribution in [2.75, 3.05) is 0 Å². The predicted octanol–water partition coefficient (Wildman–Crippen LogP) is 3.47. The Morgan fingerprint density at radius 1 is 1.00 bits per heavy atom. The SMILES string of the molecule is O=C(O)c1cc(-c2ccc(OC3CCCC3)cc2)cnc1C(=O)O. The first-order valence-electron chi connectivity index (χ1n) is 7.78. The number of carbonyl (C=O) groups is 2. The van der Waals surface area contributed by atoms with Gasteiger partial charge in [-0.3, -0.25) is 0 Å². The molecule has 0 bridgehead atoms. The number of hydrogen-bond acceptors (Lipinski definition) is 4. The number of aromatic nitrogens is 1. The van der Waals surface area contributed by atoms with Crippen LogP contribution in [0.15, 0.2) is 36.5 Å². The van der Waals surface area contributed by atoms with Crippen molar-refractivity contribution in [3.05, 3.63) is 47.8 Å². The molecule has 0 unspecified atom stereocenters. The molecule has 1 aliphatic carbocycles. The summed E-state index contributed by atoms with van der Waals surface area (Å²) in [7, 11) is 0. The number of pyridine rings is 1. The summed E-state index contributed by atoms with van der Waals surface area (Å²) in [5.41, 5.74) is 0.504. The maximum absolute atomic E-state index is 11.2. The monoisotopic (exact) mass is 327 g/mol. The van der Waals surface area contributed by atoms with Crippen LogP contribution in [0.3, 0.4) is 0 Å². The van der Waals surface area contributed by atoms with Crippen LogP contribution in [0, 0.1) is 0 Å². The number of aromatic carboxylic acids is 2. The van der Waals surface area contributed by atoms with E-state index in [-0.39, 0.29) is 11.7 Å². The number of benzene rings is 1. The van der Waals surface area contributed by atoms with Gasteiger partial charge in [-0.15, -0.1) is 0 Å². The van der Waals surface area contributed by atoms with Crippen LogP contribution in [0.1, 0.15) is 46.5 Å². The molecule has 1 saturated carbocycles. The summed E-state index contributed by atoms with van der Waals surface area (Å²) in [6.45, 7) is 0. The van der Waals surface area contributed by atoms with E-state index in [2.05, 4.69) is 4.98 Å². The average molecular weight is 327 g/mol. The molecule has 0 saturated heterocycles. The maximum atomic E-state index is 11.2. The van der Waals surface area contributed by atoms with E-state index in [4.69, 9.17) is 14.9 Å². The molecule has 3 rings (SSSR count). The number of carboxylic acids is 2. The standard InChI is InChI=1S/C18H17NO5/c20-17(21)15-9-12(10-19-16(15)18(22)23)11-5-7-14(8-6-11)24-13-3-1-2-4-13/h5-10,13H,1-4H2,(H,20,21)(H,22,23). The van der Waals surface area contributed by atoms with Crippen LogP contribution < -0.4 is 4.74 Å². The van der Waals surface area contributed by atoms with Gasteiger partial charge in [-0.1, -0.05) is 12.1 Å². The second-order valence-electron chi connectivity index (χ2n) is 5.78. The summed E-state index contributed by atoms with van der Waals surface area (Å²) in [6.07, 6.45) is 6.17. The van der Waals surface area contributed by atoms with Gasteiger partial charge in [-0.25, -0.2) is 14.6 Å². The van der Waals surface area contributed by atoms with E-state index in [1.54, 1.807) is 0 Å². The van der Waals surface area contributed by atoms with Gasteiger partial charge in [0.2, 0.25) is 0 Å². The van der Waals surface area contributed by atoms with Gasteiger partial charge in [-0.05, 0) is 49.4 Å². The van der Waals surface area contributed by atoms with E-state index < -0.39 is 17.6 Å². The highest BCUT2D eigenvalue weighted by Crippen LogP contribution is 2.27. The lowest BCUT2D eigenvalue weighted by molar-refractivity contribution is 0.0646. The van der Waals surface area contributed by atoms with Gasteiger partial charge in [-0.2, -0.15) is 0 Å². The number of hydrogen-bond donors (Lipinski definition) is 2. The van der Waals surface area contributed by atoms with E-state index in [0.29, 0.717) is 5.56 Å². The molecule has 0 aliphatic heterocycles. The van der Waals surface area contributed by atoms with E-state index in [1.165, 1.54) is 25.1 Å². The minimum absolute atomic E-state index is 0.269. The molecule has 1 aromatic carbocycles. The number of ether oxygens (including phenoxy) is 1. The minimum atomic E-state index is -1.36. The topological polar surface area (TPSA) is 96.7 Å². The first kappa shape index (κ1) is 16.0. The molecule has 6 heteroatoms.